The van der Waals surface area contributed by atoms with Crippen LogP contribution in [0.25, 0.3) is 11.3 Å². The first-order chi connectivity index (χ1) is 12.1. The quantitative estimate of drug-likeness (QED) is 0.741. The van der Waals surface area contributed by atoms with Gasteiger partial charge < -0.3 is 5.32 Å². The summed E-state index contributed by atoms with van der Waals surface area (Å²) in [5.74, 6) is -0.264. The number of benzene rings is 1. The van der Waals surface area contributed by atoms with Crippen molar-refractivity contribution in [2.75, 3.05) is 6.54 Å². The second kappa shape index (κ2) is 7.12. The Morgan fingerprint density at radius 1 is 1.24 bits per heavy atom. The number of aryl methyl sites for hydroxylation is 1. The molecule has 0 radical (unpaired) electrons. The second-order valence-electron chi connectivity index (χ2n) is 5.74. The van der Waals surface area contributed by atoms with E-state index >= 15 is 0 Å². The molecule has 0 aliphatic carbocycles. The zero-order valence-corrected chi connectivity index (χ0v) is 14.1. The fourth-order valence-corrected chi connectivity index (χ4v) is 2.41. The number of hydrogen-bond donors (Lipinski definition) is 2. The van der Waals surface area contributed by atoms with Crippen LogP contribution < -0.4 is 10.9 Å². The van der Waals surface area contributed by atoms with Gasteiger partial charge in [0.1, 0.15) is 5.69 Å². The standard InChI is InChI=1S/C18H19N5O2/c1-12-13(2)20-11-23(18(12)25)9-8-19-17(24)16-10-15(21-22-16)14-6-4-3-5-7-14/h3-7,10-11H,8-9H2,1-2H3,(H,19,24)(H,21,22). The summed E-state index contributed by atoms with van der Waals surface area (Å²) in [6.45, 7) is 4.22. The summed E-state index contributed by atoms with van der Waals surface area (Å²) in [5.41, 5.74) is 3.27. The lowest BCUT2D eigenvalue weighted by atomic mass is 10.1. The topological polar surface area (TPSA) is 92.7 Å². The largest absolute Gasteiger partial charge is 0.349 e. The monoisotopic (exact) mass is 337 g/mol. The Kier molecular flexibility index (Phi) is 4.74. The molecule has 3 aromatic rings. The molecule has 0 saturated carbocycles. The highest BCUT2D eigenvalue weighted by atomic mass is 16.2. The van der Waals surface area contributed by atoms with Gasteiger partial charge in [-0.2, -0.15) is 5.10 Å². The van der Waals surface area contributed by atoms with Crippen molar-refractivity contribution >= 4 is 5.91 Å². The first-order valence-corrected chi connectivity index (χ1v) is 7.98. The Hall–Kier alpha value is -3.22. The Balaban J connectivity index is 1.61. The normalized spacial score (nSPS) is 10.6. The highest BCUT2D eigenvalue weighted by Crippen LogP contribution is 2.16. The average molecular weight is 337 g/mol. The van der Waals surface area contributed by atoms with Gasteiger partial charge in [0.25, 0.3) is 11.5 Å². The van der Waals surface area contributed by atoms with Gasteiger partial charge in [0.2, 0.25) is 0 Å². The number of nitrogens with one attached hydrogen (secondary N) is 2. The Bertz CT molecular complexity index is 944. The van der Waals surface area contributed by atoms with E-state index in [2.05, 4.69) is 20.5 Å². The summed E-state index contributed by atoms with van der Waals surface area (Å²) < 4.78 is 1.49. The summed E-state index contributed by atoms with van der Waals surface area (Å²) in [7, 11) is 0. The van der Waals surface area contributed by atoms with Crippen molar-refractivity contribution in [3.63, 3.8) is 0 Å². The number of rotatable bonds is 5. The molecule has 0 saturated heterocycles. The van der Waals surface area contributed by atoms with E-state index in [0.29, 0.717) is 30.0 Å². The molecule has 0 spiro atoms. The van der Waals surface area contributed by atoms with Gasteiger partial charge in [0, 0.05) is 29.9 Å². The van der Waals surface area contributed by atoms with Crippen LogP contribution in [0.1, 0.15) is 21.7 Å². The number of carbonyl (C=O) groups excluding carboxylic acids is 1. The molecule has 0 aliphatic rings. The van der Waals surface area contributed by atoms with E-state index in [9.17, 15) is 9.59 Å². The fourth-order valence-electron chi connectivity index (χ4n) is 2.41. The average Bonchev–Trinajstić information content (AvgIpc) is 3.12. The molecule has 1 amide bonds. The van der Waals surface area contributed by atoms with E-state index in [-0.39, 0.29) is 11.5 Å². The van der Waals surface area contributed by atoms with E-state index in [1.54, 1.807) is 19.9 Å². The smallest absolute Gasteiger partial charge is 0.269 e. The molecule has 2 heterocycles. The molecule has 7 nitrogen and oxygen atoms in total. The number of aromatic amines is 1. The molecule has 7 heteroatoms. The fraction of sp³-hybridized carbons (Fsp3) is 0.222. The molecule has 0 atom stereocenters. The van der Waals surface area contributed by atoms with Gasteiger partial charge >= 0.3 is 0 Å². The van der Waals surface area contributed by atoms with Crippen LogP contribution in [0.5, 0.6) is 0 Å². The van der Waals surface area contributed by atoms with E-state index in [1.165, 1.54) is 10.9 Å². The molecular weight excluding hydrogens is 318 g/mol. The molecule has 0 unspecified atom stereocenters. The summed E-state index contributed by atoms with van der Waals surface area (Å²) in [4.78, 5) is 28.5. The summed E-state index contributed by atoms with van der Waals surface area (Å²) in [6, 6.07) is 11.3. The number of amides is 1. The number of aromatic nitrogens is 4. The first-order valence-electron chi connectivity index (χ1n) is 7.98. The molecule has 0 fully saturated rings. The van der Waals surface area contributed by atoms with Gasteiger partial charge in [-0.05, 0) is 19.9 Å². The van der Waals surface area contributed by atoms with Gasteiger partial charge in [0.05, 0.1) is 12.0 Å². The lowest BCUT2D eigenvalue weighted by Gasteiger charge is -2.08. The predicted molar refractivity (Wildman–Crippen MR) is 94.3 cm³/mol. The van der Waals surface area contributed by atoms with Crippen LogP contribution in [0.4, 0.5) is 0 Å². The van der Waals surface area contributed by atoms with Crippen molar-refractivity contribution in [1.82, 2.24) is 25.1 Å². The Morgan fingerprint density at radius 3 is 2.76 bits per heavy atom. The second-order valence-corrected chi connectivity index (χ2v) is 5.74. The molecule has 2 N–H and O–H groups in total. The zero-order valence-electron chi connectivity index (χ0n) is 14.1. The van der Waals surface area contributed by atoms with Crippen molar-refractivity contribution in [3.8, 4) is 11.3 Å². The highest BCUT2D eigenvalue weighted by molar-refractivity contribution is 5.93. The lowest BCUT2D eigenvalue weighted by Crippen LogP contribution is -2.32. The number of carbonyl (C=O) groups is 1. The minimum absolute atomic E-state index is 0.0883. The lowest BCUT2D eigenvalue weighted by molar-refractivity contribution is 0.0947. The van der Waals surface area contributed by atoms with E-state index in [4.69, 9.17) is 0 Å². The maximum atomic E-state index is 12.2. The van der Waals surface area contributed by atoms with Crippen LogP contribution in [0.2, 0.25) is 0 Å². The number of H-pyrrole nitrogens is 1. The van der Waals surface area contributed by atoms with Crippen molar-refractivity contribution in [2.45, 2.75) is 20.4 Å². The number of hydrogen-bond acceptors (Lipinski definition) is 4. The van der Waals surface area contributed by atoms with Crippen molar-refractivity contribution in [2.24, 2.45) is 0 Å². The minimum Gasteiger partial charge on any atom is -0.349 e. The molecule has 1 aromatic carbocycles. The minimum atomic E-state index is -0.264. The van der Waals surface area contributed by atoms with Crippen molar-refractivity contribution in [1.29, 1.82) is 0 Å². The zero-order chi connectivity index (χ0) is 17.8. The first kappa shape index (κ1) is 16.6. The summed E-state index contributed by atoms with van der Waals surface area (Å²) in [5, 5.41) is 9.67. The van der Waals surface area contributed by atoms with Crippen molar-refractivity contribution < 1.29 is 4.79 Å². The maximum Gasteiger partial charge on any atom is 0.269 e. The van der Waals surface area contributed by atoms with Crippen LogP contribution in [-0.4, -0.2) is 32.2 Å². The Morgan fingerprint density at radius 2 is 2.00 bits per heavy atom. The maximum absolute atomic E-state index is 12.2. The molecule has 2 aromatic heterocycles. The van der Waals surface area contributed by atoms with E-state index in [0.717, 1.165) is 11.3 Å². The van der Waals surface area contributed by atoms with Gasteiger partial charge in [-0.3, -0.25) is 19.3 Å². The highest BCUT2D eigenvalue weighted by Gasteiger charge is 2.11. The predicted octanol–water partition coefficient (Wildman–Crippen LogP) is 1.68. The van der Waals surface area contributed by atoms with E-state index < -0.39 is 0 Å². The van der Waals surface area contributed by atoms with Crippen LogP contribution in [0.15, 0.2) is 47.5 Å². The third-order valence-electron chi connectivity index (χ3n) is 4.05. The van der Waals surface area contributed by atoms with Crippen LogP contribution in [0, 0.1) is 13.8 Å². The summed E-state index contributed by atoms with van der Waals surface area (Å²) >= 11 is 0. The van der Waals surface area contributed by atoms with Crippen molar-refractivity contribution in [3.05, 3.63) is 70.0 Å². The summed E-state index contributed by atoms with van der Waals surface area (Å²) in [6.07, 6.45) is 1.50. The van der Waals surface area contributed by atoms with Gasteiger partial charge in [-0.1, -0.05) is 30.3 Å². The third kappa shape index (κ3) is 3.65. The molecule has 128 valence electrons. The number of nitrogens with zero attached hydrogens (tertiary/aromatic N) is 3. The van der Waals surface area contributed by atoms with Crippen LogP contribution >= 0.6 is 0 Å². The molecule has 25 heavy (non-hydrogen) atoms. The third-order valence-corrected chi connectivity index (χ3v) is 4.05. The molecule has 3 rings (SSSR count). The molecular formula is C18H19N5O2. The molecule has 0 bridgehead atoms. The van der Waals surface area contributed by atoms with Gasteiger partial charge in [0.15, 0.2) is 0 Å². The SMILES string of the molecule is Cc1ncn(CCNC(=O)c2cc(-c3ccccc3)n[nH]2)c(=O)c1C. The Labute approximate surface area is 144 Å². The van der Waals surface area contributed by atoms with Crippen LogP contribution in [0.3, 0.4) is 0 Å². The van der Waals surface area contributed by atoms with E-state index in [1.807, 2.05) is 30.3 Å². The van der Waals surface area contributed by atoms with Gasteiger partial charge in [-0.15, -0.1) is 0 Å². The molecule has 0 aliphatic heterocycles. The van der Waals surface area contributed by atoms with Gasteiger partial charge in [-0.25, -0.2) is 4.98 Å². The van der Waals surface area contributed by atoms with Crippen LogP contribution in [-0.2, 0) is 6.54 Å².